The summed E-state index contributed by atoms with van der Waals surface area (Å²) < 4.78 is 22.8. The van der Waals surface area contributed by atoms with Crippen LogP contribution in [-0.4, -0.2) is 140 Å². The summed E-state index contributed by atoms with van der Waals surface area (Å²) in [5.74, 6) is -0.255. The molecule has 1 amide bonds. The van der Waals surface area contributed by atoms with Gasteiger partial charge < -0.3 is 65.1 Å². The number of unbranched alkanes of at least 4 members (excludes halogenated alkanes) is 29. The van der Waals surface area contributed by atoms with Crippen LogP contribution in [0, 0.1) is 0 Å². The van der Waals surface area contributed by atoms with Gasteiger partial charge >= 0.3 is 0 Å². The number of ether oxygens (including phenoxy) is 4. The summed E-state index contributed by atoms with van der Waals surface area (Å²) in [4.78, 5) is 13.3. The maximum absolute atomic E-state index is 13.3. The predicted octanol–water partition coefficient (Wildman–Crippen LogP) is 10.4. The average Bonchev–Trinajstić information content (AvgIpc) is 3.41. The molecule has 0 aromatic carbocycles. The second-order valence-corrected chi connectivity index (χ2v) is 21.5. The Morgan fingerprint density at radius 3 is 1.31 bits per heavy atom. The van der Waals surface area contributed by atoms with Crippen molar-refractivity contribution in [2.45, 2.75) is 312 Å². The number of amides is 1. The molecule has 2 aliphatic heterocycles. The van der Waals surface area contributed by atoms with Gasteiger partial charge in [-0.25, -0.2) is 0 Å². The molecule has 75 heavy (non-hydrogen) atoms. The van der Waals surface area contributed by atoms with E-state index in [0.29, 0.717) is 12.8 Å². The molecule has 14 nitrogen and oxygen atoms in total. The van der Waals surface area contributed by atoms with Gasteiger partial charge in [-0.3, -0.25) is 4.79 Å². The van der Waals surface area contributed by atoms with E-state index in [1.54, 1.807) is 6.08 Å². The van der Waals surface area contributed by atoms with Gasteiger partial charge in [0.1, 0.15) is 48.8 Å². The molecule has 9 N–H and O–H groups in total. The number of aliphatic hydroxyl groups excluding tert-OH is 8. The monoisotopic (exact) mass is 1070 g/mol. The van der Waals surface area contributed by atoms with E-state index in [-0.39, 0.29) is 18.9 Å². The lowest BCUT2D eigenvalue weighted by Crippen LogP contribution is -2.65. The third kappa shape index (κ3) is 32.6. The first kappa shape index (κ1) is 69.1. The molecular weight excluding hydrogens is 955 g/mol. The molecule has 0 saturated carbocycles. The summed E-state index contributed by atoms with van der Waals surface area (Å²) in [5, 5.41) is 87.1. The van der Waals surface area contributed by atoms with Crippen LogP contribution in [-0.2, 0) is 23.7 Å². The predicted molar refractivity (Wildman–Crippen MR) is 300 cm³/mol. The minimum absolute atomic E-state index is 0.255. The van der Waals surface area contributed by atoms with E-state index in [0.717, 1.165) is 44.9 Å². The highest BCUT2D eigenvalue weighted by Crippen LogP contribution is 2.30. The lowest BCUT2D eigenvalue weighted by molar-refractivity contribution is -0.359. The number of hydrogen-bond donors (Lipinski definition) is 9. The molecule has 2 saturated heterocycles. The van der Waals surface area contributed by atoms with Crippen molar-refractivity contribution in [3.05, 3.63) is 48.6 Å². The molecule has 0 aliphatic carbocycles. The SMILES string of the molecule is CCCCCCCCCC/C=C\CCCCCCCCCCCC(=O)NC(COC1OC(CO)C(OC2OC(CO)C(O)C(O)C2O)C(O)C1O)C(O)/C=C/CC/C=C/CC/C=C/CCCCCCCCCCCC. The van der Waals surface area contributed by atoms with E-state index in [9.17, 15) is 45.6 Å². The molecule has 2 heterocycles. The molecule has 0 aromatic heterocycles. The molecular formula is C61H111NO13. The van der Waals surface area contributed by atoms with E-state index < -0.39 is 86.8 Å². The Morgan fingerprint density at radius 1 is 0.467 bits per heavy atom. The third-order valence-electron chi connectivity index (χ3n) is 14.7. The topological polar surface area (TPSA) is 228 Å². The Morgan fingerprint density at radius 2 is 0.853 bits per heavy atom. The normalized spacial score (nSPS) is 25.4. The molecule has 0 bridgehead atoms. The van der Waals surface area contributed by atoms with Gasteiger partial charge in [-0.1, -0.05) is 210 Å². The fourth-order valence-corrected chi connectivity index (χ4v) is 9.79. The zero-order chi connectivity index (χ0) is 54.6. The fourth-order valence-electron chi connectivity index (χ4n) is 9.79. The summed E-state index contributed by atoms with van der Waals surface area (Å²) in [6.07, 6.45) is 41.5. The van der Waals surface area contributed by atoms with Crippen LogP contribution in [0.25, 0.3) is 0 Å². The van der Waals surface area contributed by atoms with Crippen LogP contribution in [0.1, 0.15) is 239 Å². The maximum Gasteiger partial charge on any atom is 0.220 e. The van der Waals surface area contributed by atoms with Crippen LogP contribution in [0.4, 0.5) is 0 Å². The van der Waals surface area contributed by atoms with Crippen molar-refractivity contribution < 1.29 is 64.6 Å². The van der Waals surface area contributed by atoms with Crippen molar-refractivity contribution in [3.63, 3.8) is 0 Å². The first-order chi connectivity index (χ1) is 36.6. The van der Waals surface area contributed by atoms with E-state index in [2.05, 4.69) is 55.6 Å². The van der Waals surface area contributed by atoms with Crippen LogP contribution in [0.3, 0.4) is 0 Å². The zero-order valence-electron chi connectivity index (χ0n) is 47.0. The highest BCUT2D eigenvalue weighted by molar-refractivity contribution is 5.76. The fraction of sp³-hybridized carbons (Fsp3) is 0.852. The molecule has 2 aliphatic rings. The highest BCUT2D eigenvalue weighted by atomic mass is 16.7. The second-order valence-electron chi connectivity index (χ2n) is 21.5. The minimum atomic E-state index is -1.79. The quantitative estimate of drug-likeness (QED) is 0.0204. The summed E-state index contributed by atoms with van der Waals surface area (Å²) in [6, 6.07) is -0.939. The molecule has 0 aromatic rings. The van der Waals surface area contributed by atoms with Gasteiger partial charge in [-0.15, -0.1) is 0 Å². The highest BCUT2D eigenvalue weighted by Gasteiger charge is 2.51. The maximum atomic E-state index is 13.3. The summed E-state index contributed by atoms with van der Waals surface area (Å²) >= 11 is 0. The Labute approximate surface area is 454 Å². The molecule has 2 fully saturated rings. The lowest BCUT2D eigenvalue weighted by atomic mass is 9.97. The van der Waals surface area contributed by atoms with Crippen LogP contribution in [0.5, 0.6) is 0 Å². The second kappa shape index (κ2) is 46.8. The molecule has 0 radical (unpaired) electrons. The number of carbonyl (C=O) groups excluding carboxylic acids is 1. The van der Waals surface area contributed by atoms with Gasteiger partial charge in [-0.2, -0.15) is 0 Å². The molecule has 14 heteroatoms. The molecule has 2 rings (SSSR count). The smallest absolute Gasteiger partial charge is 0.220 e. The van der Waals surface area contributed by atoms with Crippen LogP contribution in [0.15, 0.2) is 48.6 Å². The van der Waals surface area contributed by atoms with Crippen molar-refractivity contribution >= 4 is 5.91 Å². The molecule has 12 unspecified atom stereocenters. The Kier molecular flexibility index (Phi) is 43.1. The summed E-state index contributed by atoms with van der Waals surface area (Å²) in [7, 11) is 0. The molecule has 438 valence electrons. The van der Waals surface area contributed by atoms with Crippen molar-refractivity contribution in [2.75, 3.05) is 19.8 Å². The lowest BCUT2D eigenvalue weighted by Gasteiger charge is -2.46. The first-order valence-electron chi connectivity index (χ1n) is 30.4. The van der Waals surface area contributed by atoms with Crippen LogP contribution < -0.4 is 5.32 Å². The number of carbonyl (C=O) groups is 1. The number of hydrogen-bond acceptors (Lipinski definition) is 13. The standard InChI is InChI=1S/C61H111NO13/c1-3-5-7-9-11-13-15-17-19-21-23-25-27-29-31-33-35-37-39-41-43-45-53(66)62-49(50(65)44-42-40-38-36-34-32-30-28-26-24-22-20-18-16-14-12-10-8-6-4-2)48-72-60-58(71)56(69)59(52(47-64)74-60)75-61-57(70)55(68)54(67)51(46-63)73-61/h21,23,26,28,34,36,42,44,49-52,54-61,63-65,67-71H,3-20,22,24-25,27,29-33,35,37-41,43,45-48H2,1-2H3,(H,62,66)/b23-21-,28-26+,36-34+,44-42+. The first-order valence-corrected chi connectivity index (χ1v) is 30.4. The number of aliphatic hydroxyl groups is 8. The zero-order valence-corrected chi connectivity index (χ0v) is 47.0. The van der Waals surface area contributed by atoms with Crippen molar-refractivity contribution in [1.82, 2.24) is 5.32 Å². The van der Waals surface area contributed by atoms with E-state index >= 15 is 0 Å². The molecule has 12 atom stereocenters. The van der Waals surface area contributed by atoms with Gasteiger partial charge in [0.15, 0.2) is 12.6 Å². The third-order valence-corrected chi connectivity index (χ3v) is 14.7. The van der Waals surface area contributed by atoms with Crippen LogP contribution >= 0.6 is 0 Å². The van der Waals surface area contributed by atoms with Gasteiger partial charge in [0.2, 0.25) is 5.91 Å². The molecule has 0 spiro atoms. The van der Waals surface area contributed by atoms with Gasteiger partial charge in [0.05, 0.1) is 32.0 Å². The number of rotatable bonds is 48. The van der Waals surface area contributed by atoms with Gasteiger partial charge in [0, 0.05) is 6.42 Å². The van der Waals surface area contributed by atoms with E-state index in [1.165, 1.54) is 161 Å². The largest absolute Gasteiger partial charge is 0.394 e. The van der Waals surface area contributed by atoms with Crippen molar-refractivity contribution in [3.8, 4) is 0 Å². The number of nitrogens with one attached hydrogen (secondary N) is 1. The summed E-state index contributed by atoms with van der Waals surface area (Å²) in [5.41, 5.74) is 0. The van der Waals surface area contributed by atoms with Crippen molar-refractivity contribution in [2.24, 2.45) is 0 Å². The van der Waals surface area contributed by atoms with E-state index in [4.69, 9.17) is 18.9 Å². The summed E-state index contributed by atoms with van der Waals surface area (Å²) in [6.45, 7) is 2.78. The van der Waals surface area contributed by atoms with E-state index in [1.807, 2.05) is 6.08 Å². The Bertz CT molecular complexity index is 1440. The van der Waals surface area contributed by atoms with Gasteiger partial charge in [0.25, 0.3) is 0 Å². The van der Waals surface area contributed by atoms with Gasteiger partial charge in [-0.05, 0) is 70.6 Å². The number of allylic oxidation sites excluding steroid dienone is 7. The Hall–Kier alpha value is -2.05. The minimum Gasteiger partial charge on any atom is -0.394 e. The van der Waals surface area contributed by atoms with Crippen molar-refractivity contribution in [1.29, 1.82) is 0 Å². The average molecular weight is 1070 g/mol. The van der Waals surface area contributed by atoms with Crippen LogP contribution in [0.2, 0.25) is 0 Å². The Balaban J connectivity index is 1.79.